The Hall–Kier alpha value is -0.290. The SMILES string of the molecule is CC(NCCc1ccc(Cl)s1)c1ccc(Br)o1. The second kappa shape index (κ2) is 6.05. The maximum absolute atomic E-state index is 5.88. The summed E-state index contributed by atoms with van der Waals surface area (Å²) in [6, 6.07) is 8.12. The van der Waals surface area contributed by atoms with Crippen LogP contribution >= 0.6 is 38.9 Å². The molecule has 0 aliphatic carbocycles. The van der Waals surface area contributed by atoms with E-state index in [1.54, 1.807) is 11.3 Å². The number of thiophene rings is 1. The molecule has 0 saturated carbocycles. The molecule has 0 aliphatic heterocycles. The molecule has 2 aromatic heterocycles. The van der Waals surface area contributed by atoms with Crippen LogP contribution in [0.5, 0.6) is 0 Å². The standard InChI is InChI=1S/C12H13BrClNOS/c1-8(10-3-4-11(13)16-10)15-7-6-9-2-5-12(14)17-9/h2-5,8,15H,6-7H2,1H3. The average Bonchev–Trinajstić information content (AvgIpc) is 2.88. The Morgan fingerprint density at radius 2 is 2.24 bits per heavy atom. The first-order valence-electron chi connectivity index (χ1n) is 5.38. The summed E-state index contributed by atoms with van der Waals surface area (Å²) in [6.07, 6.45) is 0.990. The lowest BCUT2D eigenvalue weighted by Crippen LogP contribution is -2.20. The molecule has 92 valence electrons. The first-order valence-corrected chi connectivity index (χ1v) is 7.37. The van der Waals surface area contributed by atoms with Gasteiger partial charge in [-0.05, 0) is 53.5 Å². The van der Waals surface area contributed by atoms with E-state index in [1.165, 1.54) is 4.88 Å². The number of rotatable bonds is 5. The van der Waals surface area contributed by atoms with Gasteiger partial charge in [-0.3, -0.25) is 0 Å². The number of hydrogen-bond donors (Lipinski definition) is 1. The number of halogens is 2. The van der Waals surface area contributed by atoms with Gasteiger partial charge in [0, 0.05) is 11.4 Å². The zero-order valence-corrected chi connectivity index (χ0v) is 12.5. The minimum atomic E-state index is 0.219. The predicted octanol–water partition coefficient (Wildman–Crippen LogP) is 4.65. The molecule has 0 saturated heterocycles. The highest BCUT2D eigenvalue weighted by Gasteiger charge is 2.09. The van der Waals surface area contributed by atoms with Crippen molar-refractivity contribution < 1.29 is 4.42 Å². The second-order valence-corrected chi connectivity index (χ2v) is 6.35. The van der Waals surface area contributed by atoms with Crippen LogP contribution in [-0.2, 0) is 6.42 Å². The van der Waals surface area contributed by atoms with E-state index in [0.717, 1.165) is 27.7 Å². The molecule has 2 nitrogen and oxygen atoms in total. The zero-order valence-electron chi connectivity index (χ0n) is 9.37. The normalized spacial score (nSPS) is 12.9. The van der Waals surface area contributed by atoms with Crippen LogP contribution < -0.4 is 5.32 Å². The minimum absolute atomic E-state index is 0.219. The van der Waals surface area contributed by atoms with Crippen LogP contribution in [0.4, 0.5) is 0 Å². The Morgan fingerprint density at radius 3 is 2.82 bits per heavy atom. The van der Waals surface area contributed by atoms with Crippen molar-refractivity contribution in [2.24, 2.45) is 0 Å². The van der Waals surface area contributed by atoms with Gasteiger partial charge in [0.2, 0.25) is 0 Å². The summed E-state index contributed by atoms with van der Waals surface area (Å²) >= 11 is 10.8. The molecule has 2 aromatic rings. The lowest BCUT2D eigenvalue weighted by atomic mass is 10.2. The molecule has 0 bridgehead atoms. The molecule has 2 rings (SSSR count). The largest absolute Gasteiger partial charge is 0.453 e. The van der Waals surface area contributed by atoms with Gasteiger partial charge >= 0.3 is 0 Å². The summed E-state index contributed by atoms with van der Waals surface area (Å²) in [5.41, 5.74) is 0. The van der Waals surface area contributed by atoms with Gasteiger partial charge in [-0.2, -0.15) is 0 Å². The fraction of sp³-hybridized carbons (Fsp3) is 0.333. The molecular weight excluding hydrogens is 322 g/mol. The lowest BCUT2D eigenvalue weighted by molar-refractivity contribution is 0.420. The Morgan fingerprint density at radius 1 is 1.41 bits per heavy atom. The van der Waals surface area contributed by atoms with E-state index in [-0.39, 0.29) is 6.04 Å². The molecule has 0 amide bonds. The summed E-state index contributed by atoms with van der Waals surface area (Å²) in [4.78, 5) is 1.30. The van der Waals surface area contributed by atoms with Gasteiger partial charge in [0.05, 0.1) is 10.4 Å². The van der Waals surface area contributed by atoms with Crippen molar-refractivity contribution in [2.75, 3.05) is 6.54 Å². The fourth-order valence-electron chi connectivity index (χ4n) is 1.56. The number of hydrogen-bond acceptors (Lipinski definition) is 3. The molecule has 0 aliphatic rings. The van der Waals surface area contributed by atoms with Crippen LogP contribution in [0.3, 0.4) is 0 Å². The third kappa shape index (κ3) is 3.85. The monoisotopic (exact) mass is 333 g/mol. The summed E-state index contributed by atoms with van der Waals surface area (Å²) < 4.78 is 7.11. The molecule has 17 heavy (non-hydrogen) atoms. The molecule has 0 fully saturated rings. The molecule has 1 atom stereocenters. The summed E-state index contributed by atoms with van der Waals surface area (Å²) in [7, 11) is 0. The fourth-order valence-corrected chi connectivity index (χ4v) is 2.97. The van der Waals surface area contributed by atoms with E-state index in [0.29, 0.717) is 0 Å². The Balaban J connectivity index is 1.78. The van der Waals surface area contributed by atoms with Gasteiger partial charge in [-0.25, -0.2) is 0 Å². The highest BCUT2D eigenvalue weighted by molar-refractivity contribution is 9.10. The lowest BCUT2D eigenvalue weighted by Gasteiger charge is -2.10. The molecule has 1 N–H and O–H groups in total. The van der Waals surface area contributed by atoms with Gasteiger partial charge in [0.25, 0.3) is 0 Å². The number of furan rings is 1. The Bertz CT molecular complexity index is 482. The third-order valence-electron chi connectivity index (χ3n) is 2.47. The van der Waals surface area contributed by atoms with E-state index in [2.05, 4.69) is 34.2 Å². The van der Waals surface area contributed by atoms with Crippen molar-refractivity contribution in [3.05, 3.63) is 43.9 Å². The predicted molar refractivity (Wildman–Crippen MR) is 75.9 cm³/mol. The first kappa shape index (κ1) is 13.1. The van der Waals surface area contributed by atoms with Gasteiger partial charge in [-0.1, -0.05) is 11.6 Å². The third-order valence-corrected chi connectivity index (χ3v) is 4.19. The topological polar surface area (TPSA) is 25.2 Å². The molecular formula is C12H13BrClNOS. The average molecular weight is 335 g/mol. The Kier molecular flexibility index (Phi) is 4.68. The number of nitrogens with one attached hydrogen (secondary N) is 1. The zero-order chi connectivity index (χ0) is 12.3. The highest BCUT2D eigenvalue weighted by atomic mass is 79.9. The van der Waals surface area contributed by atoms with Crippen molar-refractivity contribution in [1.29, 1.82) is 0 Å². The van der Waals surface area contributed by atoms with E-state index >= 15 is 0 Å². The van der Waals surface area contributed by atoms with Crippen molar-refractivity contribution in [3.63, 3.8) is 0 Å². The van der Waals surface area contributed by atoms with Crippen LogP contribution in [0, 0.1) is 0 Å². The van der Waals surface area contributed by atoms with Crippen molar-refractivity contribution >= 4 is 38.9 Å². The smallest absolute Gasteiger partial charge is 0.169 e. The van der Waals surface area contributed by atoms with Crippen molar-refractivity contribution in [2.45, 2.75) is 19.4 Å². The van der Waals surface area contributed by atoms with Crippen LogP contribution in [0.25, 0.3) is 0 Å². The maximum atomic E-state index is 5.88. The Labute approximate surface area is 118 Å². The summed E-state index contributed by atoms with van der Waals surface area (Å²) in [6.45, 7) is 3.00. The maximum Gasteiger partial charge on any atom is 0.169 e. The van der Waals surface area contributed by atoms with Crippen LogP contribution in [0.1, 0.15) is 23.6 Å². The van der Waals surface area contributed by atoms with Gasteiger partial charge in [0.15, 0.2) is 4.67 Å². The summed E-state index contributed by atoms with van der Waals surface area (Å²) in [5.74, 6) is 0.945. The molecule has 0 spiro atoms. The van der Waals surface area contributed by atoms with Gasteiger partial charge in [0.1, 0.15) is 5.76 Å². The van der Waals surface area contributed by atoms with Crippen LogP contribution in [-0.4, -0.2) is 6.54 Å². The second-order valence-electron chi connectivity index (χ2n) is 3.77. The van der Waals surface area contributed by atoms with E-state index in [1.807, 2.05) is 18.2 Å². The van der Waals surface area contributed by atoms with E-state index in [4.69, 9.17) is 16.0 Å². The molecule has 0 aromatic carbocycles. The van der Waals surface area contributed by atoms with Crippen LogP contribution in [0.2, 0.25) is 4.34 Å². The van der Waals surface area contributed by atoms with E-state index < -0.39 is 0 Å². The molecule has 2 heterocycles. The first-order chi connectivity index (χ1) is 8.15. The minimum Gasteiger partial charge on any atom is -0.453 e. The van der Waals surface area contributed by atoms with Crippen molar-refractivity contribution in [1.82, 2.24) is 5.32 Å². The molecule has 5 heteroatoms. The van der Waals surface area contributed by atoms with Crippen molar-refractivity contribution in [3.8, 4) is 0 Å². The summed E-state index contributed by atoms with van der Waals surface area (Å²) in [5, 5.41) is 3.42. The molecule has 1 unspecified atom stereocenters. The van der Waals surface area contributed by atoms with E-state index in [9.17, 15) is 0 Å². The molecule has 0 radical (unpaired) electrons. The highest BCUT2D eigenvalue weighted by Crippen LogP contribution is 2.22. The van der Waals surface area contributed by atoms with Crippen LogP contribution in [0.15, 0.2) is 33.4 Å². The van der Waals surface area contributed by atoms with Gasteiger partial charge in [-0.15, -0.1) is 11.3 Å². The quantitative estimate of drug-likeness (QED) is 0.861. The van der Waals surface area contributed by atoms with Gasteiger partial charge < -0.3 is 9.73 Å².